The van der Waals surface area contributed by atoms with Crippen molar-refractivity contribution in [3.63, 3.8) is 0 Å². The molecule has 0 bridgehead atoms. The number of aryl methyl sites for hydroxylation is 1. The first kappa shape index (κ1) is 14.8. The van der Waals surface area contributed by atoms with Gasteiger partial charge in [0.05, 0.1) is 11.8 Å². The van der Waals surface area contributed by atoms with E-state index in [-0.39, 0.29) is 11.8 Å². The molecule has 0 saturated heterocycles. The lowest BCUT2D eigenvalue weighted by Crippen LogP contribution is -2.08. The minimum Gasteiger partial charge on any atom is -0.358 e. The molecule has 0 fully saturated rings. The van der Waals surface area contributed by atoms with E-state index < -0.39 is 0 Å². The third-order valence-corrected chi connectivity index (χ3v) is 4.39. The topological polar surface area (TPSA) is 76.5 Å². The van der Waals surface area contributed by atoms with Crippen LogP contribution in [0.5, 0.6) is 0 Å². The van der Waals surface area contributed by atoms with E-state index in [1.165, 1.54) is 11.8 Å². The molecule has 3 aromatic rings. The highest BCUT2D eigenvalue weighted by molar-refractivity contribution is 7.99. The fraction of sp³-hybridized carbons (Fsp3) is 0.333. The minimum atomic E-state index is 0.0817. The van der Waals surface area contributed by atoms with Crippen molar-refractivity contribution < 1.29 is 4.79 Å². The van der Waals surface area contributed by atoms with Crippen molar-refractivity contribution in [2.45, 2.75) is 32.0 Å². The van der Waals surface area contributed by atoms with Gasteiger partial charge in [0.25, 0.3) is 0 Å². The molecule has 0 aliphatic heterocycles. The number of aromatic amines is 1. The monoisotopic (exact) mass is 315 g/mol. The van der Waals surface area contributed by atoms with Gasteiger partial charge in [-0.1, -0.05) is 30.0 Å². The second-order valence-electron chi connectivity index (χ2n) is 5.38. The van der Waals surface area contributed by atoms with Crippen LogP contribution in [0.15, 0.2) is 29.4 Å². The first-order chi connectivity index (χ1) is 10.6. The number of rotatable bonds is 5. The number of carbonyl (C=O) groups excluding carboxylic acids is 1. The third-order valence-electron chi connectivity index (χ3n) is 3.46. The number of hydrogen-bond donors (Lipinski definition) is 1. The molecule has 0 atom stereocenters. The second kappa shape index (κ2) is 5.92. The van der Waals surface area contributed by atoms with Crippen molar-refractivity contribution in [1.82, 2.24) is 25.2 Å². The van der Waals surface area contributed by atoms with Crippen molar-refractivity contribution in [2.75, 3.05) is 5.75 Å². The van der Waals surface area contributed by atoms with Crippen LogP contribution in [0.2, 0.25) is 0 Å². The van der Waals surface area contributed by atoms with Crippen LogP contribution in [0.4, 0.5) is 0 Å². The number of nitrogens with one attached hydrogen (secondary N) is 1. The molecule has 2 aromatic heterocycles. The van der Waals surface area contributed by atoms with Gasteiger partial charge in [-0.05, 0) is 37.3 Å². The van der Waals surface area contributed by atoms with Gasteiger partial charge in [-0.3, -0.25) is 4.79 Å². The van der Waals surface area contributed by atoms with Crippen molar-refractivity contribution in [1.29, 1.82) is 0 Å². The van der Waals surface area contributed by atoms with E-state index in [0.717, 1.165) is 22.2 Å². The summed E-state index contributed by atoms with van der Waals surface area (Å²) in [5, 5.41) is 13.2. The predicted molar refractivity (Wildman–Crippen MR) is 86.3 cm³/mol. The maximum atomic E-state index is 12.6. The maximum absolute atomic E-state index is 12.6. The fourth-order valence-electron chi connectivity index (χ4n) is 2.44. The number of tetrazole rings is 1. The summed E-state index contributed by atoms with van der Waals surface area (Å²) < 4.78 is 1.72. The summed E-state index contributed by atoms with van der Waals surface area (Å²) in [6.45, 7) is 5.94. The number of H-pyrrole nitrogens is 1. The lowest BCUT2D eigenvalue weighted by molar-refractivity contribution is 0.102. The number of ketones is 1. The molecule has 0 radical (unpaired) electrons. The Kier molecular flexibility index (Phi) is 3.98. The molecule has 0 aliphatic rings. The van der Waals surface area contributed by atoms with Gasteiger partial charge < -0.3 is 4.98 Å². The first-order valence-corrected chi connectivity index (χ1v) is 8.07. The van der Waals surface area contributed by atoms with Crippen molar-refractivity contribution in [3.8, 4) is 0 Å². The standard InChI is InChI=1S/C15H17N5OS/c1-9(2)20-15(17-18-19-20)22-8-13(21)14-10(3)16-12-7-5-4-6-11(12)14/h4-7,9,16H,8H2,1-3H3. The summed E-state index contributed by atoms with van der Waals surface area (Å²) in [7, 11) is 0. The number of para-hydroxylation sites is 1. The highest BCUT2D eigenvalue weighted by atomic mass is 32.2. The van der Waals surface area contributed by atoms with Crippen LogP contribution in [0, 0.1) is 6.92 Å². The maximum Gasteiger partial charge on any atom is 0.209 e. The summed E-state index contributed by atoms with van der Waals surface area (Å²) in [4.78, 5) is 15.9. The van der Waals surface area contributed by atoms with E-state index in [9.17, 15) is 4.79 Å². The molecule has 1 aromatic carbocycles. The Morgan fingerprint density at radius 3 is 2.91 bits per heavy atom. The zero-order valence-electron chi connectivity index (χ0n) is 12.7. The van der Waals surface area contributed by atoms with Crippen LogP contribution in [0.1, 0.15) is 35.9 Å². The molecule has 7 heteroatoms. The number of hydrogen-bond acceptors (Lipinski definition) is 5. The van der Waals surface area contributed by atoms with Gasteiger partial charge >= 0.3 is 0 Å². The molecule has 0 amide bonds. The molecule has 0 spiro atoms. The van der Waals surface area contributed by atoms with Crippen LogP contribution in [0.3, 0.4) is 0 Å². The first-order valence-electron chi connectivity index (χ1n) is 7.09. The Morgan fingerprint density at radius 1 is 1.36 bits per heavy atom. The molecule has 0 aliphatic carbocycles. The number of thioether (sulfide) groups is 1. The van der Waals surface area contributed by atoms with E-state index in [1.807, 2.05) is 45.0 Å². The van der Waals surface area contributed by atoms with Gasteiger partial charge in [0.15, 0.2) is 5.78 Å². The normalized spacial score (nSPS) is 11.5. The fourth-order valence-corrected chi connectivity index (χ4v) is 3.32. The van der Waals surface area contributed by atoms with Crippen LogP contribution < -0.4 is 0 Å². The highest BCUT2D eigenvalue weighted by Gasteiger charge is 2.18. The number of nitrogens with zero attached hydrogens (tertiary/aromatic N) is 4. The van der Waals surface area contributed by atoms with Crippen LogP contribution in [0.25, 0.3) is 10.9 Å². The van der Waals surface area contributed by atoms with E-state index >= 15 is 0 Å². The number of carbonyl (C=O) groups is 1. The Labute approximate surface area is 132 Å². The molecule has 0 unspecified atom stereocenters. The highest BCUT2D eigenvalue weighted by Crippen LogP contribution is 2.25. The summed E-state index contributed by atoms with van der Waals surface area (Å²) in [5.41, 5.74) is 2.64. The largest absolute Gasteiger partial charge is 0.358 e. The molecule has 22 heavy (non-hydrogen) atoms. The Balaban J connectivity index is 1.82. The molecular formula is C15H17N5OS. The minimum absolute atomic E-state index is 0.0817. The smallest absolute Gasteiger partial charge is 0.209 e. The van der Waals surface area contributed by atoms with Gasteiger partial charge in [0.2, 0.25) is 5.16 Å². The van der Waals surface area contributed by atoms with Gasteiger partial charge in [0.1, 0.15) is 0 Å². The third kappa shape index (κ3) is 2.64. The number of benzene rings is 1. The average Bonchev–Trinajstić information content (AvgIpc) is 3.07. The molecular weight excluding hydrogens is 298 g/mol. The molecule has 114 valence electrons. The van der Waals surface area contributed by atoms with Gasteiger partial charge in [-0.15, -0.1) is 5.10 Å². The van der Waals surface area contributed by atoms with Gasteiger partial charge in [-0.25, -0.2) is 4.68 Å². The molecule has 3 rings (SSSR count). The number of aromatic nitrogens is 5. The van der Waals surface area contributed by atoms with Crippen LogP contribution in [-0.2, 0) is 0 Å². The second-order valence-corrected chi connectivity index (χ2v) is 6.32. The van der Waals surface area contributed by atoms with E-state index in [2.05, 4.69) is 20.5 Å². The molecule has 1 N–H and O–H groups in total. The lowest BCUT2D eigenvalue weighted by Gasteiger charge is -2.06. The Bertz CT molecular complexity index is 820. The molecule has 2 heterocycles. The quantitative estimate of drug-likeness (QED) is 0.578. The summed E-state index contributed by atoms with van der Waals surface area (Å²) in [6, 6.07) is 8.01. The van der Waals surface area contributed by atoms with Crippen molar-refractivity contribution >= 4 is 28.4 Å². The van der Waals surface area contributed by atoms with Crippen LogP contribution >= 0.6 is 11.8 Å². The zero-order valence-corrected chi connectivity index (χ0v) is 13.5. The lowest BCUT2D eigenvalue weighted by atomic mass is 10.1. The number of Topliss-reactive ketones (excluding diaryl/α,β-unsaturated/α-hetero) is 1. The summed E-state index contributed by atoms with van der Waals surface area (Å²) in [5.74, 6) is 0.397. The molecule has 6 nitrogen and oxygen atoms in total. The van der Waals surface area contributed by atoms with Gasteiger partial charge in [-0.2, -0.15) is 0 Å². The Morgan fingerprint density at radius 2 is 2.14 bits per heavy atom. The van der Waals surface area contributed by atoms with Crippen molar-refractivity contribution in [2.24, 2.45) is 0 Å². The van der Waals surface area contributed by atoms with Crippen molar-refractivity contribution in [3.05, 3.63) is 35.5 Å². The van der Waals surface area contributed by atoms with E-state index in [1.54, 1.807) is 4.68 Å². The van der Waals surface area contributed by atoms with E-state index in [0.29, 0.717) is 10.9 Å². The van der Waals surface area contributed by atoms with Gasteiger partial charge in [0, 0.05) is 22.2 Å². The van der Waals surface area contributed by atoms with Crippen LogP contribution in [-0.4, -0.2) is 36.7 Å². The SMILES string of the molecule is Cc1[nH]c2ccccc2c1C(=O)CSc1nnnn1C(C)C. The zero-order chi connectivity index (χ0) is 15.7. The van der Waals surface area contributed by atoms with E-state index in [4.69, 9.17) is 0 Å². The Hall–Kier alpha value is -2.15. The predicted octanol–water partition coefficient (Wildman–Crippen LogP) is 3.02. The summed E-state index contributed by atoms with van der Waals surface area (Å²) >= 11 is 1.37. The molecule has 0 saturated carbocycles. The summed E-state index contributed by atoms with van der Waals surface area (Å²) in [6.07, 6.45) is 0. The number of fused-ring (bicyclic) bond motifs is 1. The average molecular weight is 315 g/mol.